The van der Waals surface area contributed by atoms with Crippen molar-refractivity contribution < 1.29 is 14.7 Å². The maximum atomic E-state index is 12.2. The number of hydrogen-bond acceptors (Lipinski definition) is 5. The third-order valence-electron chi connectivity index (χ3n) is 3.24. The van der Waals surface area contributed by atoms with Crippen LogP contribution in [0.5, 0.6) is 0 Å². The Morgan fingerprint density at radius 2 is 2.38 bits per heavy atom. The zero-order valence-corrected chi connectivity index (χ0v) is 13.5. The van der Waals surface area contributed by atoms with E-state index >= 15 is 0 Å². The highest BCUT2D eigenvalue weighted by Crippen LogP contribution is 2.19. The Morgan fingerprint density at radius 3 is 3.05 bits per heavy atom. The molecule has 2 amide bonds. The molecule has 0 saturated carbocycles. The number of aromatic nitrogens is 1. The van der Waals surface area contributed by atoms with Crippen LogP contribution < -0.4 is 5.32 Å². The molecule has 0 spiro atoms. The molecule has 0 radical (unpaired) electrons. The molecule has 116 valence electrons. The number of aryl methyl sites for hydroxylation is 1. The van der Waals surface area contributed by atoms with E-state index in [2.05, 4.69) is 17.2 Å². The summed E-state index contributed by atoms with van der Waals surface area (Å²) in [5.41, 5.74) is 0. The smallest absolute Gasteiger partial charge is 0.318 e. The molecule has 1 unspecified atom stereocenters. The predicted octanol–water partition coefficient (Wildman–Crippen LogP) is 1.81. The van der Waals surface area contributed by atoms with Crippen LogP contribution in [0.2, 0.25) is 0 Å². The van der Waals surface area contributed by atoms with Gasteiger partial charge in [-0.25, -0.2) is 9.78 Å². The number of carbonyl (C=O) groups excluding carboxylic acids is 1. The third kappa shape index (κ3) is 4.60. The van der Waals surface area contributed by atoms with Crippen molar-refractivity contribution in [1.82, 2.24) is 15.2 Å². The Labute approximate surface area is 131 Å². The van der Waals surface area contributed by atoms with Gasteiger partial charge in [0.15, 0.2) is 0 Å². The first-order valence-electron chi connectivity index (χ1n) is 6.87. The minimum atomic E-state index is -0.868. The Balaban J connectivity index is 1.89. The molecular weight excluding hydrogens is 310 g/mol. The molecule has 1 fully saturated rings. The number of urea groups is 1. The molecule has 8 heteroatoms. The van der Waals surface area contributed by atoms with Crippen LogP contribution in [0.25, 0.3) is 0 Å². The first kappa shape index (κ1) is 16.1. The van der Waals surface area contributed by atoms with E-state index in [0.717, 1.165) is 17.2 Å². The molecule has 6 nitrogen and oxygen atoms in total. The van der Waals surface area contributed by atoms with Crippen molar-refractivity contribution in [2.45, 2.75) is 32.4 Å². The average Bonchev–Trinajstić information content (AvgIpc) is 2.93. The molecule has 0 aromatic carbocycles. The van der Waals surface area contributed by atoms with Crippen LogP contribution in [0.1, 0.15) is 23.2 Å². The van der Waals surface area contributed by atoms with E-state index in [-0.39, 0.29) is 18.5 Å². The van der Waals surface area contributed by atoms with Gasteiger partial charge in [-0.15, -0.1) is 11.3 Å². The number of rotatable bonds is 5. The molecule has 1 atom stereocenters. The van der Waals surface area contributed by atoms with Gasteiger partial charge in [-0.2, -0.15) is 11.8 Å². The third-order valence-corrected chi connectivity index (χ3v) is 5.47. The number of carboxylic acid groups (broad SMARTS) is 1. The minimum Gasteiger partial charge on any atom is -0.481 e. The van der Waals surface area contributed by atoms with Crippen LogP contribution in [0.3, 0.4) is 0 Å². The fourth-order valence-electron chi connectivity index (χ4n) is 2.14. The average molecular weight is 329 g/mol. The number of hydrogen-bond donors (Lipinski definition) is 2. The standard InChI is InChI=1S/C13H19N3O3S2/c1-2-10-6-14-11(21-10)7-15-13(19)16-3-4-20-8-9(16)5-12(17)18/h6,9H,2-5,7-8H2,1H3,(H,15,19)(H,17,18). The molecule has 1 aliphatic rings. The van der Waals surface area contributed by atoms with Gasteiger partial charge in [-0.3, -0.25) is 4.79 Å². The lowest BCUT2D eigenvalue weighted by atomic mass is 10.2. The Bertz CT molecular complexity index is 507. The molecule has 1 aromatic rings. The first-order valence-corrected chi connectivity index (χ1v) is 8.84. The monoisotopic (exact) mass is 329 g/mol. The Morgan fingerprint density at radius 1 is 1.57 bits per heavy atom. The Kier molecular flexibility index (Phi) is 5.86. The number of thioether (sulfide) groups is 1. The van der Waals surface area contributed by atoms with E-state index in [0.29, 0.717) is 18.8 Å². The maximum Gasteiger partial charge on any atom is 0.318 e. The zero-order chi connectivity index (χ0) is 15.2. The SMILES string of the molecule is CCc1cnc(CNC(=O)N2CCSCC2CC(=O)O)s1. The van der Waals surface area contributed by atoms with Gasteiger partial charge >= 0.3 is 12.0 Å². The van der Waals surface area contributed by atoms with Gasteiger partial charge in [0.1, 0.15) is 5.01 Å². The van der Waals surface area contributed by atoms with Crippen molar-refractivity contribution in [3.8, 4) is 0 Å². The van der Waals surface area contributed by atoms with Crippen LogP contribution in [0, 0.1) is 0 Å². The van der Waals surface area contributed by atoms with E-state index in [9.17, 15) is 9.59 Å². The van der Waals surface area contributed by atoms with E-state index in [1.54, 1.807) is 28.0 Å². The van der Waals surface area contributed by atoms with E-state index in [1.165, 1.54) is 4.88 Å². The lowest BCUT2D eigenvalue weighted by Crippen LogP contribution is -2.51. The summed E-state index contributed by atoms with van der Waals surface area (Å²) in [5, 5.41) is 12.6. The molecule has 0 aliphatic carbocycles. The second-order valence-corrected chi connectivity index (χ2v) is 7.10. The Hall–Kier alpha value is -1.28. The van der Waals surface area contributed by atoms with Crippen LogP contribution in [0.4, 0.5) is 4.79 Å². The van der Waals surface area contributed by atoms with Crippen LogP contribution >= 0.6 is 23.1 Å². The normalized spacial score (nSPS) is 18.5. The molecule has 2 N–H and O–H groups in total. The van der Waals surface area contributed by atoms with E-state index in [4.69, 9.17) is 5.11 Å². The van der Waals surface area contributed by atoms with Gasteiger partial charge in [0.2, 0.25) is 0 Å². The zero-order valence-electron chi connectivity index (χ0n) is 11.9. The number of nitrogens with zero attached hydrogens (tertiary/aromatic N) is 2. The van der Waals surface area contributed by atoms with Crippen molar-refractivity contribution in [2.24, 2.45) is 0 Å². The number of aliphatic carboxylic acids is 1. The van der Waals surface area contributed by atoms with Crippen molar-refractivity contribution in [3.63, 3.8) is 0 Å². The highest BCUT2D eigenvalue weighted by Gasteiger charge is 2.28. The molecule has 2 rings (SSSR count). The number of nitrogens with one attached hydrogen (secondary N) is 1. The van der Waals surface area contributed by atoms with Gasteiger partial charge in [0, 0.05) is 29.1 Å². The number of carboxylic acids is 1. The molecule has 0 bridgehead atoms. The maximum absolute atomic E-state index is 12.2. The summed E-state index contributed by atoms with van der Waals surface area (Å²) in [4.78, 5) is 30.2. The van der Waals surface area contributed by atoms with Crippen molar-refractivity contribution in [2.75, 3.05) is 18.1 Å². The molecule has 1 aliphatic heterocycles. The molecule has 1 aromatic heterocycles. The summed E-state index contributed by atoms with van der Waals surface area (Å²) < 4.78 is 0. The lowest BCUT2D eigenvalue weighted by molar-refractivity contribution is -0.138. The van der Waals surface area contributed by atoms with Crippen molar-refractivity contribution in [3.05, 3.63) is 16.1 Å². The predicted molar refractivity (Wildman–Crippen MR) is 83.8 cm³/mol. The van der Waals surface area contributed by atoms with E-state index in [1.807, 2.05) is 6.20 Å². The minimum absolute atomic E-state index is 0.00233. The fourth-order valence-corrected chi connectivity index (χ4v) is 4.00. The van der Waals surface area contributed by atoms with Gasteiger partial charge in [0.05, 0.1) is 19.0 Å². The van der Waals surface area contributed by atoms with E-state index < -0.39 is 5.97 Å². The highest BCUT2D eigenvalue weighted by molar-refractivity contribution is 7.99. The lowest BCUT2D eigenvalue weighted by Gasteiger charge is -2.34. The summed E-state index contributed by atoms with van der Waals surface area (Å²) in [6.07, 6.45) is 2.77. The molecule has 2 heterocycles. The topological polar surface area (TPSA) is 82.5 Å². The van der Waals surface area contributed by atoms with Gasteiger partial charge in [0.25, 0.3) is 0 Å². The largest absolute Gasteiger partial charge is 0.481 e. The summed E-state index contributed by atoms with van der Waals surface area (Å²) >= 11 is 3.28. The summed E-state index contributed by atoms with van der Waals surface area (Å²) in [6, 6.07) is -0.432. The molecular formula is C13H19N3O3S2. The molecule has 21 heavy (non-hydrogen) atoms. The first-order chi connectivity index (χ1) is 10.1. The fraction of sp³-hybridized carbons (Fsp3) is 0.615. The number of thiazole rings is 1. The number of carbonyl (C=O) groups is 2. The summed E-state index contributed by atoms with van der Waals surface area (Å²) in [5.74, 6) is 0.658. The van der Waals surface area contributed by atoms with Crippen LogP contribution in [-0.4, -0.2) is 51.1 Å². The van der Waals surface area contributed by atoms with Crippen LogP contribution in [-0.2, 0) is 17.8 Å². The van der Waals surface area contributed by atoms with Crippen molar-refractivity contribution >= 4 is 35.1 Å². The quantitative estimate of drug-likeness (QED) is 0.861. The summed E-state index contributed by atoms with van der Waals surface area (Å²) in [6.45, 7) is 3.05. The number of amides is 2. The van der Waals surface area contributed by atoms with Crippen molar-refractivity contribution in [1.29, 1.82) is 0 Å². The molecule has 1 saturated heterocycles. The second-order valence-electron chi connectivity index (χ2n) is 4.75. The summed E-state index contributed by atoms with van der Waals surface area (Å²) in [7, 11) is 0. The van der Waals surface area contributed by atoms with Gasteiger partial charge in [-0.05, 0) is 6.42 Å². The van der Waals surface area contributed by atoms with Gasteiger partial charge < -0.3 is 15.3 Å². The highest BCUT2D eigenvalue weighted by atomic mass is 32.2. The van der Waals surface area contributed by atoms with Crippen LogP contribution in [0.15, 0.2) is 6.20 Å². The second kappa shape index (κ2) is 7.65. The van der Waals surface area contributed by atoms with Gasteiger partial charge in [-0.1, -0.05) is 6.92 Å².